The lowest BCUT2D eigenvalue weighted by molar-refractivity contribution is 0.100. The lowest BCUT2D eigenvalue weighted by atomic mass is 9.72. The summed E-state index contributed by atoms with van der Waals surface area (Å²) in [6, 6.07) is 15.6. The first-order valence-corrected chi connectivity index (χ1v) is 12.1. The quantitative estimate of drug-likeness (QED) is 0.314. The summed E-state index contributed by atoms with van der Waals surface area (Å²) in [5.41, 5.74) is 3.16. The van der Waals surface area contributed by atoms with Crippen molar-refractivity contribution in [2.45, 2.75) is 44.8 Å². The summed E-state index contributed by atoms with van der Waals surface area (Å²) < 4.78 is 43.0. The van der Waals surface area contributed by atoms with Gasteiger partial charge >= 0.3 is 0 Å². The molecule has 36 heavy (non-hydrogen) atoms. The third-order valence-electron chi connectivity index (χ3n) is 7.57. The summed E-state index contributed by atoms with van der Waals surface area (Å²) in [5, 5.41) is 7.08. The molecular weight excluding hydrogens is 465 g/mol. The number of nitrogens with one attached hydrogen (secondary N) is 2. The number of benzene rings is 2. The van der Waals surface area contributed by atoms with Gasteiger partial charge in [0.25, 0.3) is 12.3 Å². The van der Waals surface area contributed by atoms with E-state index in [1.54, 1.807) is 24.3 Å². The predicted octanol–water partition coefficient (Wildman–Crippen LogP) is 6.26. The molecule has 5 nitrogen and oxygen atoms in total. The number of aromatic nitrogens is 2. The SMILES string of the molecule is CCn1c(-c2ccc(F)cc2)cc2cc(NC(=O)c3cc(C45CC(C)C4N5)cnc3C(F)F)ccc21. The van der Waals surface area contributed by atoms with Gasteiger partial charge in [0, 0.05) is 41.1 Å². The van der Waals surface area contributed by atoms with Crippen molar-refractivity contribution < 1.29 is 18.0 Å². The number of anilines is 1. The van der Waals surface area contributed by atoms with Crippen LogP contribution in [0.3, 0.4) is 0 Å². The molecule has 1 aliphatic heterocycles. The average molecular weight is 491 g/mol. The second-order valence-corrected chi connectivity index (χ2v) is 9.74. The minimum absolute atomic E-state index is 0.109. The number of halogens is 3. The summed E-state index contributed by atoms with van der Waals surface area (Å²) >= 11 is 0. The predicted molar refractivity (Wildman–Crippen MR) is 133 cm³/mol. The second-order valence-electron chi connectivity index (χ2n) is 9.74. The number of carbonyl (C=O) groups is 1. The molecule has 2 aliphatic rings. The van der Waals surface area contributed by atoms with Gasteiger partial charge in [-0.25, -0.2) is 13.2 Å². The zero-order valence-electron chi connectivity index (χ0n) is 19.9. The van der Waals surface area contributed by atoms with Crippen molar-refractivity contribution >= 4 is 22.5 Å². The standard InChI is InChI=1S/C28H25F3N4O/c1-3-35-22-9-8-20(10-17(22)11-23(35)16-4-6-19(29)7-5-16)33-27(36)21-12-18(14-32-24(21)26(30)31)28-13-15(2)25(28)34-28/h4-12,14-15,25-26,34H,3,13H2,1-2H3,(H,33,36). The lowest BCUT2D eigenvalue weighted by Gasteiger charge is -2.29. The topological polar surface area (TPSA) is 68.9 Å². The number of hydrogen-bond donors (Lipinski definition) is 2. The summed E-state index contributed by atoms with van der Waals surface area (Å²) in [6.45, 7) is 4.87. The highest BCUT2D eigenvalue weighted by Crippen LogP contribution is 2.57. The van der Waals surface area contributed by atoms with Gasteiger partial charge in [0.05, 0.1) is 11.1 Å². The van der Waals surface area contributed by atoms with E-state index in [2.05, 4.69) is 27.1 Å². The first-order chi connectivity index (χ1) is 17.3. The molecular formula is C28H25F3N4O. The van der Waals surface area contributed by atoms with Crippen LogP contribution in [0, 0.1) is 11.7 Å². The van der Waals surface area contributed by atoms with E-state index >= 15 is 0 Å². The molecule has 1 aliphatic carbocycles. The number of amides is 1. The van der Waals surface area contributed by atoms with Crippen LogP contribution in [-0.2, 0) is 12.1 Å². The number of alkyl halides is 2. The lowest BCUT2D eigenvalue weighted by Crippen LogP contribution is -2.32. The van der Waals surface area contributed by atoms with E-state index < -0.39 is 18.0 Å². The Balaban J connectivity index is 1.32. The molecule has 3 unspecified atom stereocenters. The van der Waals surface area contributed by atoms with Crippen LogP contribution in [0.1, 0.15) is 48.3 Å². The fourth-order valence-electron chi connectivity index (χ4n) is 5.72. The van der Waals surface area contributed by atoms with Gasteiger partial charge in [-0.05, 0) is 85.0 Å². The van der Waals surface area contributed by atoms with Crippen molar-refractivity contribution in [3.05, 3.63) is 83.4 Å². The zero-order chi connectivity index (χ0) is 25.2. The molecule has 184 valence electrons. The van der Waals surface area contributed by atoms with Gasteiger partial charge in [0.2, 0.25) is 0 Å². The molecule has 0 radical (unpaired) electrons. The van der Waals surface area contributed by atoms with Gasteiger partial charge in [-0.2, -0.15) is 0 Å². The Labute approximate surface area is 206 Å². The van der Waals surface area contributed by atoms with E-state index in [0.717, 1.165) is 34.1 Å². The zero-order valence-corrected chi connectivity index (χ0v) is 19.9. The molecule has 3 heterocycles. The molecule has 1 saturated heterocycles. The number of aryl methyl sites for hydroxylation is 1. The molecule has 2 aromatic heterocycles. The van der Waals surface area contributed by atoms with Crippen molar-refractivity contribution in [3.63, 3.8) is 0 Å². The Morgan fingerprint density at radius 1 is 1.19 bits per heavy atom. The van der Waals surface area contributed by atoms with Crippen molar-refractivity contribution in [3.8, 4) is 11.3 Å². The Bertz CT molecular complexity index is 1500. The maximum atomic E-state index is 13.7. The van der Waals surface area contributed by atoms with Crippen LogP contribution in [0.15, 0.2) is 60.8 Å². The van der Waals surface area contributed by atoms with Crippen LogP contribution in [0.5, 0.6) is 0 Å². The van der Waals surface area contributed by atoms with Gasteiger partial charge < -0.3 is 15.2 Å². The van der Waals surface area contributed by atoms with Crippen molar-refractivity contribution in [2.75, 3.05) is 5.32 Å². The molecule has 6 rings (SSSR count). The minimum atomic E-state index is -2.86. The number of pyridine rings is 1. The van der Waals surface area contributed by atoms with Gasteiger partial charge in [-0.1, -0.05) is 6.92 Å². The van der Waals surface area contributed by atoms with Gasteiger partial charge in [0.1, 0.15) is 11.5 Å². The largest absolute Gasteiger partial charge is 0.341 e. The maximum absolute atomic E-state index is 13.7. The van der Waals surface area contributed by atoms with Gasteiger partial charge in [-0.15, -0.1) is 0 Å². The molecule has 0 spiro atoms. The number of fused-ring (bicyclic) bond motifs is 2. The normalized spacial score (nSPS) is 22.4. The monoisotopic (exact) mass is 490 g/mol. The summed E-state index contributed by atoms with van der Waals surface area (Å²) in [6.07, 6.45) is -0.497. The van der Waals surface area contributed by atoms with Crippen LogP contribution < -0.4 is 10.6 Å². The van der Waals surface area contributed by atoms with Crippen LogP contribution >= 0.6 is 0 Å². The van der Waals surface area contributed by atoms with Crippen LogP contribution in [-0.4, -0.2) is 21.5 Å². The second kappa shape index (κ2) is 8.20. The molecule has 0 bridgehead atoms. The van der Waals surface area contributed by atoms with Crippen molar-refractivity contribution in [1.29, 1.82) is 0 Å². The van der Waals surface area contributed by atoms with Crippen LogP contribution in [0.25, 0.3) is 22.2 Å². The third-order valence-corrected chi connectivity index (χ3v) is 7.57. The highest BCUT2D eigenvalue weighted by Gasteiger charge is 2.66. The molecule has 3 atom stereocenters. The Morgan fingerprint density at radius 2 is 1.97 bits per heavy atom. The number of hydrogen-bond acceptors (Lipinski definition) is 3. The minimum Gasteiger partial charge on any atom is -0.341 e. The van der Waals surface area contributed by atoms with Crippen LogP contribution in [0.2, 0.25) is 0 Å². The molecule has 1 amide bonds. The molecule has 2 fully saturated rings. The van der Waals surface area contributed by atoms with E-state index in [9.17, 15) is 18.0 Å². The average Bonchev–Trinajstić information content (AvgIpc) is 3.34. The fourth-order valence-corrected chi connectivity index (χ4v) is 5.72. The molecule has 8 heteroatoms. The van der Waals surface area contributed by atoms with E-state index in [1.165, 1.54) is 18.3 Å². The fraction of sp³-hybridized carbons (Fsp3) is 0.286. The summed E-state index contributed by atoms with van der Waals surface area (Å²) in [7, 11) is 0. The first-order valence-electron chi connectivity index (χ1n) is 12.1. The summed E-state index contributed by atoms with van der Waals surface area (Å²) in [5.74, 6) is -0.406. The highest BCUT2D eigenvalue weighted by atomic mass is 19.3. The Morgan fingerprint density at radius 3 is 2.61 bits per heavy atom. The van der Waals surface area contributed by atoms with Crippen molar-refractivity contribution in [2.24, 2.45) is 5.92 Å². The molecule has 2 N–H and O–H groups in total. The van der Waals surface area contributed by atoms with Crippen molar-refractivity contribution in [1.82, 2.24) is 14.9 Å². The summed E-state index contributed by atoms with van der Waals surface area (Å²) in [4.78, 5) is 17.2. The first kappa shape index (κ1) is 22.8. The highest BCUT2D eigenvalue weighted by molar-refractivity contribution is 6.06. The Hall–Kier alpha value is -3.65. The Kier molecular flexibility index (Phi) is 5.19. The number of carbonyl (C=O) groups excluding carboxylic acids is 1. The van der Waals surface area contributed by atoms with Crippen LogP contribution in [0.4, 0.5) is 18.9 Å². The van der Waals surface area contributed by atoms with Gasteiger partial charge in [-0.3, -0.25) is 9.78 Å². The van der Waals surface area contributed by atoms with E-state index in [1.807, 2.05) is 25.1 Å². The number of rotatable bonds is 6. The maximum Gasteiger partial charge on any atom is 0.281 e. The number of nitrogens with zero attached hydrogens (tertiary/aromatic N) is 2. The van der Waals surface area contributed by atoms with E-state index in [0.29, 0.717) is 24.2 Å². The third kappa shape index (κ3) is 3.51. The molecule has 2 aromatic carbocycles. The van der Waals surface area contributed by atoms with E-state index in [4.69, 9.17) is 0 Å². The molecule has 4 aromatic rings. The smallest absolute Gasteiger partial charge is 0.281 e. The van der Waals surface area contributed by atoms with E-state index in [-0.39, 0.29) is 16.9 Å². The molecule has 1 saturated carbocycles. The van der Waals surface area contributed by atoms with Gasteiger partial charge in [0.15, 0.2) is 0 Å².